The summed E-state index contributed by atoms with van der Waals surface area (Å²) >= 11 is 0. The number of nitrogens with one attached hydrogen (secondary N) is 1. The van der Waals surface area contributed by atoms with Crippen molar-refractivity contribution in [3.8, 4) is 11.4 Å². The smallest absolute Gasteiger partial charge is 0.356 e. The average Bonchev–Trinajstić information content (AvgIpc) is 3.01. The highest BCUT2D eigenvalue weighted by atomic mass is 16.4. The third kappa shape index (κ3) is 1.71. The molecule has 1 aliphatic carbocycles. The van der Waals surface area contributed by atoms with Crippen molar-refractivity contribution in [2.75, 3.05) is 0 Å². The van der Waals surface area contributed by atoms with E-state index >= 15 is 0 Å². The minimum Gasteiger partial charge on any atom is -0.476 e. The first-order chi connectivity index (χ1) is 10.7. The third-order valence-corrected chi connectivity index (χ3v) is 4.46. The summed E-state index contributed by atoms with van der Waals surface area (Å²) in [5.74, 6) is -0.942. The van der Waals surface area contributed by atoms with Crippen LogP contribution >= 0.6 is 0 Å². The Morgan fingerprint density at radius 2 is 2.09 bits per heavy atom. The maximum atomic E-state index is 11.5. The van der Waals surface area contributed by atoms with Crippen molar-refractivity contribution in [2.45, 2.75) is 32.7 Å². The van der Waals surface area contributed by atoms with Crippen LogP contribution in [-0.4, -0.2) is 25.8 Å². The Hall–Kier alpha value is -2.56. The van der Waals surface area contributed by atoms with Gasteiger partial charge in [-0.15, -0.1) is 0 Å². The minimum absolute atomic E-state index is 0.198. The number of nitrogens with zero attached hydrogens (tertiary/aromatic N) is 2. The molecule has 0 spiro atoms. The molecule has 0 atom stereocenters. The van der Waals surface area contributed by atoms with E-state index in [4.69, 9.17) is 0 Å². The van der Waals surface area contributed by atoms with E-state index in [0.29, 0.717) is 6.54 Å². The number of carboxylic acids is 1. The second kappa shape index (κ2) is 4.73. The summed E-state index contributed by atoms with van der Waals surface area (Å²) in [7, 11) is 0. The van der Waals surface area contributed by atoms with Gasteiger partial charge in [-0.05, 0) is 37.8 Å². The molecular weight excluding hydrogens is 278 g/mol. The number of carbonyl (C=O) groups is 1. The van der Waals surface area contributed by atoms with Crippen LogP contribution in [0.4, 0.5) is 0 Å². The standard InChI is InChI=1S/C17H17N3O2/c1-2-20-16-12(15(19-20)17(21)22)8-5-7-11-10-6-3-4-9-13(10)18-14(11)16/h3-4,6,9,18H,2,5,7-8H2,1H3,(H,21,22). The second-order valence-electron chi connectivity index (χ2n) is 5.67. The number of aromatic carboxylic acids is 1. The molecule has 3 aromatic rings. The molecule has 2 aromatic heterocycles. The predicted molar refractivity (Wildman–Crippen MR) is 84.2 cm³/mol. The largest absolute Gasteiger partial charge is 0.476 e. The van der Waals surface area contributed by atoms with Crippen LogP contribution < -0.4 is 0 Å². The zero-order valence-electron chi connectivity index (χ0n) is 12.4. The van der Waals surface area contributed by atoms with Crippen LogP contribution in [0.1, 0.15) is 35.0 Å². The molecule has 1 aliphatic rings. The zero-order valence-corrected chi connectivity index (χ0v) is 12.4. The summed E-state index contributed by atoms with van der Waals surface area (Å²) in [5.41, 5.74) is 5.42. The van der Waals surface area contributed by atoms with Gasteiger partial charge in [-0.3, -0.25) is 4.68 Å². The van der Waals surface area contributed by atoms with Crippen molar-refractivity contribution in [2.24, 2.45) is 0 Å². The first-order valence-electron chi connectivity index (χ1n) is 7.63. The van der Waals surface area contributed by atoms with E-state index in [2.05, 4.69) is 22.2 Å². The normalized spacial score (nSPS) is 13.7. The monoisotopic (exact) mass is 295 g/mol. The van der Waals surface area contributed by atoms with E-state index < -0.39 is 5.97 Å². The minimum atomic E-state index is -0.942. The third-order valence-electron chi connectivity index (χ3n) is 4.46. The molecular formula is C17H17N3O2. The summed E-state index contributed by atoms with van der Waals surface area (Å²) < 4.78 is 1.82. The molecule has 0 unspecified atom stereocenters. The summed E-state index contributed by atoms with van der Waals surface area (Å²) in [6, 6.07) is 8.25. The topological polar surface area (TPSA) is 70.9 Å². The van der Waals surface area contributed by atoms with Gasteiger partial charge < -0.3 is 10.1 Å². The van der Waals surface area contributed by atoms with Gasteiger partial charge in [0, 0.05) is 23.0 Å². The van der Waals surface area contributed by atoms with Crippen LogP contribution in [0.2, 0.25) is 0 Å². The first kappa shape index (κ1) is 13.1. The molecule has 0 fully saturated rings. The van der Waals surface area contributed by atoms with Crippen molar-refractivity contribution in [1.82, 2.24) is 14.8 Å². The number of rotatable bonds is 2. The van der Waals surface area contributed by atoms with Gasteiger partial charge in [-0.1, -0.05) is 18.2 Å². The Bertz CT molecular complexity index is 889. The highest BCUT2D eigenvalue weighted by Crippen LogP contribution is 2.37. The van der Waals surface area contributed by atoms with Gasteiger partial charge in [0.2, 0.25) is 0 Å². The summed E-state index contributed by atoms with van der Waals surface area (Å²) in [6.45, 7) is 2.65. The molecule has 2 heterocycles. The number of H-pyrrole nitrogens is 1. The Balaban J connectivity index is 2.07. The summed E-state index contributed by atoms with van der Waals surface area (Å²) in [6.07, 6.45) is 2.65. The Labute approximate surface area is 127 Å². The number of benzene rings is 1. The SMILES string of the molecule is CCn1nc(C(=O)O)c2c1-c1[nH]c3ccccc3c1CCC2. The Kier molecular flexibility index (Phi) is 2.82. The maximum absolute atomic E-state index is 11.5. The molecule has 0 bridgehead atoms. The number of aromatic amines is 1. The molecule has 112 valence electrons. The lowest BCUT2D eigenvalue weighted by Gasteiger charge is -2.05. The van der Waals surface area contributed by atoms with E-state index in [1.807, 2.05) is 23.7 Å². The first-order valence-corrected chi connectivity index (χ1v) is 7.63. The lowest BCUT2D eigenvalue weighted by molar-refractivity contribution is 0.0688. The molecule has 0 radical (unpaired) electrons. The van der Waals surface area contributed by atoms with E-state index in [9.17, 15) is 9.90 Å². The molecule has 5 heteroatoms. The predicted octanol–water partition coefficient (Wildman–Crippen LogP) is 3.24. The van der Waals surface area contributed by atoms with Gasteiger partial charge in [0.1, 0.15) is 0 Å². The van der Waals surface area contributed by atoms with E-state index in [-0.39, 0.29) is 5.69 Å². The number of hydrogen-bond donors (Lipinski definition) is 2. The van der Waals surface area contributed by atoms with Gasteiger partial charge in [0.15, 0.2) is 5.69 Å². The number of fused-ring (bicyclic) bond motifs is 5. The number of carboxylic acid groups (broad SMARTS) is 1. The summed E-state index contributed by atoms with van der Waals surface area (Å²) in [5, 5.41) is 15.0. The Morgan fingerprint density at radius 1 is 1.32 bits per heavy atom. The van der Waals surface area contributed by atoms with Crippen LogP contribution in [-0.2, 0) is 19.4 Å². The fourth-order valence-electron chi connectivity index (χ4n) is 3.52. The highest BCUT2D eigenvalue weighted by molar-refractivity contribution is 5.94. The number of aromatic nitrogens is 3. The van der Waals surface area contributed by atoms with E-state index in [1.54, 1.807) is 0 Å². The van der Waals surface area contributed by atoms with Crippen molar-refractivity contribution < 1.29 is 9.90 Å². The van der Waals surface area contributed by atoms with Crippen LogP contribution in [0, 0.1) is 0 Å². The quantitative estimate of drug-likeness (QED) is 0.762. The average molecular weight is 295 g/mol. The fourth-order valence-corrected chi connectivity index (χ4v) is 3.52. The lowest BCUT2D eigenvalue weighted by Crippen LogP contribution is -2.03. The molecule has 22 heavy (non-hydrogen) atoms. The van der Waals surface area contributed by atoms with Gasteiger partial charge in [0.05, 0.1) is 11.4 Å². The molecule has 0 saturated heterocycles. The number of hydrogen-bond acceptors (Lipinski definition) is 2. The lowest BCUT2D eigenvalue weighted by atomic mass is 10.1. The van der Waals surface area contributed by atoms with Gasteiger partial charge in [0.25, 0.3) is 0 Å². The van der Waals surface area contributed by atoms with Gasteiger partial charge >= 0.3 is 5.97 Å². The highest BCUT2D eigenvalue weighted by Gasteiger charge is 2.28. The molecule has 1 aromatic carbocycles. The number of para-hydroxylation sites is 1. The van der Waals surface area contributed by atoms with Crippen LogP contribution in [0.15, 0.2) is 24.3 Å². The Morgan fingerprint density at radius 3 is 2.86 bits per heavy atom. The van der Waals surface area contributed by atoms with Crippen molar-refractivity contribution in [3.05, 3.63) is 41.1 Å². The van der Waals surface area contributed by atoms with Crippen LogP contribution in [0.25, 0.3) is 22.3 Å². The molecule has 0 aliphatic heterocycles. The second-order valence-corrected chi connectivity index (χ2v) is 5.67. The maximum Gasteiger partial charge on any atom is 0.356 e. The molecule has 4 rings (SSSR count). The van der Waals surface area contributed by atoms with Crippen molar-refractivity contribution >= 4 is 16.9 Å². The van der Waals surface area contributed by atoms with Gasteiger partial charge in [-0.2, -0.15) is 5.10 Å². The summed E-state index contributed by atoms with van der Waals surface area (Å²) in [4.78, 5) is 15.0. The fraction of sp³-hybridized carbons (Fsp3) is 0.294. The van der Waals surface area contributed by atoms with E-state index in [1.165, 1.54) is 10.9 Å². The van der Waals surface area contributed by atoms with Gasteiger partial charge in [-0.25, -0.2) is 4.79 Å². The molecule has 0 saturated carbocycles. The number of aryl methyl sites for hydroxylation is 2. The van der Waals surface area contributed by atoms with Crippen molar-refractivity contribution in [1.29, 1.82) is 0 Å². The zero-order chi connectivity index (χ0) is 15.3. The van der Waals surface area contributed by atoms with E-state index in [0.717, 1.165) is 41.7 Å². The molecule has 5 nitrogen and oxygen atoms in total. The molecule has 0 amide bonds. The van der Waals surface area contributed by atoms with Crippen LogP contribution in [0.3, 0.4) is 0 Å². The van der Waals surface area contributed by atoms with Crippen LogP contribution in [0.5, 0.6) is 0 Å². The molecule has 2 N–H and O–H groups in total. The van der Waals surface area contributed by atoms with Crippen molar-refractivity contribution in [3.63, 3.8) is 0 Å².